The number of likely N-dealkylation sites (N-methyl/N-ethyl adjacent to an activating group) is 1. The van der Waals surface area contributed by atoms with Crippen LogP contribution in [0.3, 0.4) is 0 Å². The molecule has 0 aliphatic carbocycles. The van der Waals surface area contributed by atoms with Crippen LogP contribution in [-0.4, -0.2) is 19.3 Å². The molecule has 0 aliphatic rings. The number of halogens is 2. The molecule has 1 rings (SSSR count). The normalized spacial score (nSPS) is 14.7. The standard InChI is InChI=1S/C15H23F2NO/c1-5-18-14(15(10(3)4)19-6-2)11-7-12(16)9-13(17)8-11/h7-10,14-15,18H,5-6H2,1-4H3. The maximum atomic E-state index is 13.4. The summed E-state index contributed by atoms with van der Waals surface area (Å²) in [7, 11) is 0. The van der Waals surface area contributed by atoms with Crippen LogP contribution in [0.2, 0.25) is 0 Å². The topological polar surface area (TPSA) is 21.3 Å². The van der Waals surface area contributed by atoms with Gasteiger partial charge in [-0.25, -0.2) is 8.78 Å². The van der Waals surface area contributed by atoms with Gasteiger partial charge in [-0.05, 0) is 37.1 Å². The van der Waals surface area contributed by atoms with Crippen LogP contribution >= 0.6 is 0 Å². The summed E-state index contributed by atoms with van der Waals surface area (Å²) in [6, 6.07) is 3.41. The van der Waals surface area contributed by atoms with Crippen molar-refractivity contribution < 1.29 is 13.5 Å². The summed E-state index contributed by atoms with van der Waals surface area (Å²) in [6.07, 6.45) is -0.119. The third kappa shape index (κ3) is 4.55. The lowest BCUT2D eigenvalue weighted by Crippen LogP contribution is -2.37. The lowest BCUT2D eigenvalue weighted by molar-refractivity contribution is 0.00306. The number of hydrogen-bond donors (Lipinski definition) is 1. The van der Waals surface area contributed by atoms with E-state index < -0.39 is 11.6 Å². The van der Waals surface area contributed by atoms with Crippen molar-refractivity contribution in [1.82, 2.24) is 5.32 Å². The predicted octanol–water partition coefficient (Wildman–Crippen LogP) is 3.68. The van der Waals surface area contributed by atoms with Crippen LogP contribution in [0.5, 0.6) is 0 Å². The number of hydrogen-bond acceptors (Lipinski definition) is 2. The third-order valence-corrected chi connectivity index (χ3v) is 3.01. The Morgan fingerprint density at radius 1 is 1.11 bits per heavy atom. The second kappa shape index (κ2) is 7.56. The molecule has 1 N–H and O–H groups in total. The first-order chi connectivity index (χ1) is 8.99. The van der Waals surface area contributed by atoms with Gasteiger partial charge >= 0.3 is 0 Å². The summed E-state index contributed by atoms with van der Waals surface area (Å²) in [4.78, 5) is 0. The van der Waals surface area contributed by atoms with Crippen LogP contribution < -0.4 is 5.32 Å². The van der Waals surface area contributed by atoms with Crippen LogP contribution in [0.1, 0.15) is 39.3 Å². The third-order valence-electron chi connectivity index (χ3n) is 3.01. The lowest BCUT2D eigenvalue weighted by atomic mass is 9.93. The first-order valence-electron chi connectivity index (χ1n) is 6.80. The Morgan fingerprint density at radius 3 is 2.11 bits per heavy atom. The van der Waals surface area contributed by atoms with E-state index in [0.29, 0.717) is 18.7 Å². The molecule has 4 heteroatoms. The van der Waals surface area contributed by atoms with Crippen LogP contribution in [-0.2, 0) is 4.74 Å². The maximum Gasteiger partial charge on any atom is 0.126 e. The van der Waals surface area contributed by atoms with E-state index >= 15 is 0 Å². The van der Waals surface area contributed by atoms with Crippen molar-refractivity contribution >= 4 is 0 Å². The molecule has 2 unspecified atom stereocenters. The molecule has 0 saturated heterocycles. The molecule has 19 heavy (non-hydrogen) atoms. The Labute approximate surface area is 114 Å². The summed E-state index contributed by atoms with van der Waals surface area (Å²) in [5, 5.41) is 3.26. The summed E-state index contributed by atoms with van der Waals surface area (Å²) in [5.41, 5.74) is 0.589. The number of benzene rings is 1. The van der Waals surface area contributed by atoms with E-state index in [1.165, 1.54) is 12.1 Å². The molecule has 2 nitrogen and oxygen atoms in total. The van der Waals surface area contributed by atoms with Gasteiger partial charge in [-0.1, -0.05) is 20.8 Å². The molecule has 0 bridgehead atoms. The zero-order valence-electron chi connectivity index (χ0n) is 12.0. The SMILES string of the molecule is CCNC(c1cc(F)cc(F)c1)C(OCC)C(C)C. The fraction of sp³-hybridized carbons (Fsp3) is 0.600. The van der Waals surface area contributed by atoms with E-state index in [0.717, 1.165) is 6.07 Å². The largest absolute Gasteiger partial charge is 0.376 e. The van der Waals surface area contributed by atoms with Crippen molar-refractivity contribution in [2.75, 3.05) is 13.2 Å². The Hall–Kier alpha value is -1.00. The van der Waals surface area contributed by atoms with Crippen molar-refractivity contribution in [1.29, 1.82) is 0 Å². The van der Waals surface area contributed by atoms with Gasteiger partial charge in [0.05, 0.1) is 12.1 Å². The molecule has 108 valence electrons. The highest BCUT2D eigenvalue weighted by Crippen LogP contribution is 2.26. The molecule has 0 fully saturated rings. The van der Waals surface area contributed by atoms with Crippen LogP contribution in [0.25, 0.3) is 0 Å². The van der Waals surface area contributed by atoms with Gasteiger partial charge in [-0.2, -0.15) is 0 Å². The highest BCUT2D eigenvalue weighted by Gasteiger charge is 2.26. The highest BCUT2D eigenvalue weighted by atomic mass is 19.1. The van der Waals surface area contributed by atoms with Crippen molar-refractivity contribution in [3.05, 3.63) is 35.4 Å². The van der Waals surface area contributed by atoms with Crippen LogP contribution in [0.15, 0.2) is 18.2 Å². The molecular formula is C15H23F2NO. The minimum absolute atomic E-state index is 0.119. The Morgan fingerprint density at radius 2 is 1.68 bits per heavy atom. The van der Waals surface area contributed by atoms with Crippen molar-refractivity contribution in [3.63, 3.8) is 0 Å². The summed E-state index contributed by atoms with van der Waals surface area (Å²) < 4.78 is 32.5. The van der Waals surface area contributed by atoms with Gasteiger partial charge in [-0.15, -0.1) is 0 Å². The zero-order chi connectivity index (χ0) is 14.4. The first-order valence-corrected chi connectivity index (χ1v) is 6.80. The van der Waals surface area contributed by atoms with E-state index in [1.54, 1.807) is 0 Å². The first kappa shape index (κ1) is 16.1. The molecule has 0 aromatic heterocycles. The molecule has 2 atom stereocenters. The Bertz CT molecular complexity index is 375. The monoisotopic (exact) mass is 271 g/mol. The molecule has 0 amide bonds. The fourth-order valence-electron chi connectivity index (χ4n) is 2.26. The van der Waals surface area contributed by atoms with E-state index in [9.17, 15) is 8.78 Å². The fourth-order valence-corrected chi connectivity index (χ4v) is 2.26. The minimum atomic E-state index is -0.558. The van der Waals surface area contributed by atoms with Crippen LogP contribution in [0, 0.1) is 17.6 Å². The molecule has 0 saturated carbocycles. The average molecular weight is 271 g/mol. The van der Waals surface area contributed by atoms with Gasteiger partial charge in [0.1, 0.15) is 11.6 Å². The van der Waals surface area contributed by atoms with E-state index in [-0.39, 0.29) is 18.1 Å². The number of ether oxygens (including phenoxy) is 1. The second-order valence-electron chi connectivity index (χ2n) is 4.90. The van der Waals surface area contributed by atoms with E-state index in [4.69, 9.17) is 4.74 Å². The summed E-state index contributed by atoms with van der Waals surface area (Å²) >= 11 is 0. The molecule has 1 aromatic rings. The minimum Gasteiger partial charge on any atom is -0.376 e. The smallest absolute Gasteiger partial charge is 0.126 e. The van der Waals surface area contributed by atoms with Gasteiger partial charge in [0.25, 0.3) is 0 Å². The maximum absolute atomic E-state index is 13.4. The summed E-state index contributed by atoms with van der Waals surface area (Å²) in [5.74, 6) is -0.871. The average Bonchev–Trinajstić information content (AvgIpc) is 2.32. The Balaban J connectivity index is 3.09. The predicted molar refractivity (Wildman–Crippen MR) is 73.0 cm³/mol. The van der Waals surface area contributed by atoms with Crippen molar-refractivity contribution in [3.8, 4) is 0 Å². The lowest BCUT2D eigenvalue weighted by Gasteiger charge is -2.31. The van der Waals surface area contributed by atoms with Crippen molar-refractivity contribution in [2.24, 2.45) is 5.92 Å². The van der Waals surface area contributed by atoms with Gasteiger partial charge < -0.3 is 10.1 Å². The molecule has 1 aromatic carbocycles. The second-order valence-corrected chi connectivity index (χ2v) is 4.90. The van der Waals surface area contributed by atoms with Gasteiger partial charge in [0.15, 0.2) is 0 Å². The van der Waals surface area contributed by atoms with Crippen LogP contribution in [0.4, 0.5) is 8.78 Å². The Kier molecular flexibility index (Phi) is 6.38. The van der Waals surface area contributed by atoms with E-state index in [1.807, 2.05) is 27.7 Å². The number of rotatable bonds is 7. The van der Waals surface area contributed by atoms with Gasteiger partial charge in [0, 0.05) is 12.7 Å². The number of nitrogens with one attached hydrogen (secondary N) is 1. The zero-order valence-corrected chi connectivity index (χ0v) is 12.0. The molecule has 0 heterocycles. The van der Waals surface area contributed by atoms with Gasteiger partial charge in [0.2, 0.25) is 0 Å². The quantitative estimate of drug-likeness (QED) is 0.817. The molecule has 0 aliphatic heterocycles. The van der Waals surface area contributed by atoms with Gasteiger partial charge in [-0.3, -0.25) is 0 Å². The summed E-state index contributed by atoms with van der Waals surface area (Å²) in [6.45, 7) is 9.25. The molecule has 0 spiro atoms. The van der Waals surface area contributed by atoms with E-state index in [2.05, 4.69) is 5.32 Å². The highest BCUT2D eigenvalue weighted by molar-refractivity contribution is 5.22. The van der Waals surface area contributed by atoms with Crippen molar-refractivity contribution in [2.45, 2.75) is 39.8 Å². The molecular weight excluding hydrogens is 248 g/mol. The molecule has 0 radical (unpaired) electrons.